The third kappa shape index (κ3) is 2.72. The average Bonchev–Trinajstić information content (AvgIpc) is 2.29. The van der Waals surface area contributed by atoms with Gasteiger partial charge in [-0.05, 0) is 12.1 Å². The standard InChI is InChI=1S/C10H6Cl3N3O/c11-7-8(12)15-10(16-9(7)13)14-5-3-1-2-4-6(5)17/h1-4,17H,(H,14,15,16). The van der Waals surface area contributed by atoms with E-state index in [4.69, 9.17) is 34.8 Å². The predicted molar refractivity (Wildman–Crippen MR) is 68.5 cm³/mol. The van der Waals surface area contributed by atoms with Crippen molar-refractivity contribution in [1.82, 2.24) is 9.97 Å². The zero-order valence-corrected chi connectivity index (χ0v) is 10.6. The maximum absolute atomic E-state index is 9.55. The number of nitrogens with zero attached hydrogens (tertiary/aromatic N) is 2. The van der Waals surface area contributed by atoms with Crippen LogP contribution >= 0.6 is 34.8 Å². The minimum absolute atomic E-state index is 0.0459. The fraction of sp³-hybridized carbons (Fsp3) is 0. The molecule has 7 heteroatoms. The molecule has 1 aromatic heterocycles. The van der Waals surface area contributed by atoms with Gasteiger partial charge in [-0.15, -0.1) is 0 Å². The SMILES string of the molecule is Oc1ccccc1Nc1nc(Cl)c(Cl)c(Cl)n1. The van der Waals surface area contributed by atoms with E-state index in [1.807, 2.05) is 0 Å². The van der Waals surface area contributed by atoms with Gasteiger partial charge in [0.1, 0.15) is 10.8 Å². The first-order valence-electron chi connectivity index (χ1n) is 4.51. The number of nitrogens with one attached hydrogen (secondary N) is 1. The van der Waals surface area contributed by atoms with Crippen molar-refractivity contribution in [3.05, 3.63) is 39.6 Å². The van der Waals surface area contributed by atoms with Crippen molar-refractivity contribution in [1.29, 1.82) is 0 Å². The third-order valence-corrected chi connectivity index (χ3v) is 3.02. The van der Waals surface area contributed by atoms with E-state index >= 15 is 0 Å². The fourth-order valence-electron chi connectivity index (χ4n) is 1.15. The molecule has 0 saturated heterocycles. The van der Waals surface area contributed by atoms with Crippen molar-refractivity contribution in [2.24, 2.45) is 0 Å². The van der Waals surface area contributed by atoms with Gasteiger partial charge in [-0.3, -0.25) is 0 Å². The van der Waals surface area contributed by atoms with E-state index in [1.54, 1.807) is 18.2 Å². The Kier molecular flexibility index (Phi) is 3.57. The molecule has 4 nitrogen and oxygen atoms in total. The van der Waals surface area contributed by atoms with Gasteiger partial charge in [-0.1, -0.05) is 46.9 Å². The zero-order valence-electron chi connectivity index (χ0n) is 8.28. The molecule has 0 bridgehead atoms. The summed E-state index contributed by atoms with van der Waals surface area (Å²) in [5.41, 5.74) is 0.446. The Morgan fingerprint density at radius 3 is 2.18 bits per heavy atom. The lowest BCUT2D eigenvalue weighted by Gasteiger charge is -2.07. The van der Waals surface area contributed by atoms with Crippen molar-refractivity contribution in [3.63, 3.8) is 0 Å². The molecule has 1 heterocycles. The van der Waals surface area contributed by atoms with E-state index in [9.17, 15) is 5.11 Å². The number of rotatable bonds is 2. The number of aromatic nitrogens is 2. The second-order valence-corrected chi connectivity index (χ2v) is 4.18. The van der Waals surface area contributed by atoms with Crippen molar-refractivity contribution in [2.45, 2.75) is 0 Å². The molecule has 0 radical (unpaired) electrons. The second-order valence-electron chi connectivity index (χ2n) is 3.08. The smallest absolute Gasteiger partial charge is 0.230 e. The molecule has 2 N–H and O–H groups in total. The van der Waals surface area contributed by atoms with Crippen LogP contribution in [0, 0.1) is 0 Å². The molecule has 17 heavy (non-hydrogen) atoms. The summed E-state index contributed by atoms with van der Waals surface area (Å²) in [6, 6.07) is 6.64. The molecule has 0 amide bonds. The summed E-state index contributed by atoms with van der Waals surface area (Å²) < 4.78 is 0. The first kappa shape index (κ1) is 12.2. The van der Waals surface area contributed by atoms with Crippen LogP contribution in [0.15, 0.2) is 24.3 Å². The molecule has 0 aliphatic rings. The Bertz CT molecular complexity index is 539. The van der Waals surface area contributed by atoms with Crippen LogP contribution in [0.2, 0.25) is 15.3 Å². The minimum atomic E-state index is 0.0459. The van der Waals surface area contributed by atoms with Gasteiger partial charge in [0.05, 0.1) is 5.69 Å². The molecule has 0 aliphatic heterocycles. The van der Waals surface area contributed by atoms with Gasteiger partial charge < -0.3 is 10.4 Å². The van der Waals surface area contributed by atoms with E-state index in [-0.39, 0.29) is 27.0 Å². The molecular formula is C10H6Cl3N3O. The topological polar surface area (TPSA) is 58.0 Å². The number of anilines is 2. The summed E-state index contributed by atoms with van der Waals surface area (Å²) in [5.74, 6) is 0.226. The highest BCUT2D eigenvalue weighted by molar-refractivity contribution is 6.46. The van der Waals surface area contributed by atoms with Crippen molar-refractivity contribution in [3.8, 4) is 5.75 Å². The molecule has 0 fully saturated rings. The summed E-state index contributed by atoms with van der Waals surface area (Å²) in [5, 5.41) is 12.5. The number of para-hydroxylation sites is 2. The average molecular weight is 291 g/mol. The van der Waals surface area contributed by atoms with Crippen LogP contribution in [0.1, 0.15) is 0 Å². The van der Waals surface area contributed by atoms with Crippen LogP contribution in [0.3, 0.4) is 0 Å². The first-order valence-corrected chi connectivity index (χ1v) is 5.65. The molecule has 88 valence electrons. The first-order chi connectivity index (χ1) is 8.08. The number of phenols is 1. The lowest BCUT2D eigenvalue weighted by Crippen LogP contribution is -1.98. The predicted octanol–water partition coefficient (Wildman–Crippen LogP) is 3.89. The molecule has 0 spiro atoms. The van der Waals surface area contributed by atoms with Crippen LogP contribution in [-0.2, 0) is 0 Å². The molecule has 0 aliphatic carbocycles. The maximum atomic E-state index is 9.55. The molecule has 0 saturated carbocycles. The van der Waals surface area contributed by atoms with E-state index in [0.717, 1.165) is 0 Å². The molecular weight excluding hydrogens is 284 g/mol. The summed E-state index contributed by atoms with van der Waals surface area (Å²) >= 11 is 17.2. The van der Waals surface area contributed by atoms with E-state index < -0.39 is 0 Å². The van der Waals surface area contributed by atoms with Gasteiger partial charge in [0.2, 0.25) is 5.95 Å². The highest BCUT2D eigenvalue weighted by Crippen LogP contribution is 2.30. The minimum Gasteiger partial charge on any atom is -0.506 e. The van der Waals surface area contributed by atoms with Crippen LogP contribution in [-0.4, -0.2) is 15.1 Å². The number of hydrogen-bond acceptors (Lipinski definition) is 4. The number of phenolic OH excluding ortho intramolecular Hbond substituents is 1. The lowest BCUT2D eigenvalue weighted by atomic mass is 10.3. The summed E-state index contributed by atoms with van der Waals surface area (Å²) in [6.45, 7) is 0. The van der Waals surface area contributed by atoms with E-state index in [1.165, 1.54) is 6.07 Å². The van der Waals surface area contributed by atoms with E-state index in [0.29, 0.717) is 5.69 Å². The van der Waals surface area contributed by atoms with Gasteiger partial charge in [0.15, 0.2) is 10.3 Å². The van der Waals surface area contributed by atoms with Crippen molar-refractivity contribution in [2.75, 3.05) is 5.32 Å². The van der Waals surface area contributed by atoms with Crippen LogP contribution < -0.4 is 5.32 Å². The van der Waals surface area contributed by atoms with Crippen LogP contribution in [0.5, 0.6) is 5.75 Å². The maximum Gasteiger partial charge on any atom is 0.230 e. The van der Waals surface area contributed by atoms with Crippen molar-refractivity contribution >= 4 is 46.4 Å². The van der Waals surface area contributed by atoms with Crippen LogP contribution in [0.4, 0.5) is 11.6 Å². The Morgan fingerprint density at radius 1 is 1.00 bits per heavy atom. The fourth-order valence-corrected chi connectivity index (χ4v) is 1.62. The highest BCUT2D eigenvalue weighted by Gasteiger charge is 2.10. The summed E-state index contributed by atoms with van der Waals surface area (Å²) in [6.07, 6.45) is 0. The number of aromatic hydroxyl groups is 1. The van der Waals surface area contributed by atoms with Gasteiger partial charge in [0, 0.05) is 0 Å². The largest absolute Gasteiger partial charge is 0.506 e. The molecule has 1 aromatic carbocycles. The summed E-state index contributed by atoms with van der Waals surface area (Å²) in [4.78, 5) is 7.77. The zero-order chi connectivity index (χ0) is 12.4. The van der Waals surface area contributed by atoms with Gasteiger partial charge in [-0.25, -0.2) is 0 Å². The van der Waals surface area contributed by atoms with Crippen molar-refractivity contribution < 1.29 is 5.11 Å². The molecule has 0 atom stereocenters. The highest BCUT2D eigenvalue weighted by atomic mass is 35.5. The molecule has 2 rings (SSSR count). The van der Waals surface area contributed by atoms with Crippen LogP contribution in [0.25, 0.3) is 0 Å². The van der Waals surface area contributed by atoms with E-state index in [2.05, 4.69) is 15.3 Å². The lowest BCUT2D eigenvalue weighted by molar-refractivity contribution is 0.477. The van der Waals surface area contributed by atoms with Gasteiger partial charge >= 0.3 is 0 Å². The third-order valence-electron chi connectivity index (χ3n) is 1.92. The molecule has 2 aromatic rings. The Hall–Kier alpha value is -1.23. The number of benzene rings is 1. The van der Waals surface area contributed by atoms with Gasteiger partial charge in [-0.2, -0.15) is 9.97 Å². The Morgan fingerprint density at radius 2 is 1.59 bits per heavy atom. The second kappa shape index (κ2) is 4.96. The number of hydrogen-bond donors (Lipinski definition) is 2. The quantitative estimate of drug-likeness (QED) is 0.651. The Balaban J connectivity index is 2.34. The Labute approximate surface area is 112 Å². The monoisotopic (exact) mass is 289 g/mol. The normalized spacial score (nSPS) is 10.3. The number of halogens is 3. The summed E-state index contributed by atoms with van der Waals surface area (Å²) in [7, 11) is 0. The molecule has 0 unspecified atom stereocenters. The van der Waals surface area contributed by atoms with Gasteiger partial charge in [0.25, 0.3) is 0 Å².